The summed E-state index contributed by atoms with van der Waals surface area (Å²) in [6.07, 6.45) is 1.40. The van der Waals surface area contributed by atoms with Gasteiger partial charge in [-0.2, -0.15) is 4.31 Å². The minimum absolute atomic E-state index is 0.0763. The molecular formula is C13H17Cl2NO3S. The molecule has 0 fully saturated rings. The van der Waals surface area contributed by atoms with Gasteiger partial charge in [0.1, 0.15) is 4.90 Å². The molecule has 0 saturated heterocycles. The van der Waals surface area contributed by atoms with Crippen molar-refractivity contribution >= 4 is 38.5 Å². The molecule has 0 radical (unpaired) electrons. The molecule has 0 aliphatic heterocycles. The first-order valence-corrected chi connectivity index (χ1v) is 8.53. The largest absolute Gasteiger partial charge is 0.276 e. The lowest BCUT2D eigenvalue weighted by atomic mass is 10.2. The molecule has 1 aromatic rings. The number of carbonyl (C=O) groups excluding carboxylic acids is 1. The molecule has 1 aromatic carbocycles. The van der Waals surface area contributed by atoms with E-state index in [0.29, 0.717) is 25.9 Å². The summed E-state index contributed by atoms with van der Waals surface area (Å²) < 4.78 is 26.6. The van der Waals surface area contributed by atoms with Gasteiger partial charge in [-0.15, -0.1) is 0 Å². The number of hydrogen-bond donors (Lipinski definition) is 0. The van der Waals surface area contributed by atoms with Crippen LogP contribution in [-0.2, 0) is 10.0 Å². The molecule has 0 aliphatic rings. The van der Waals surface area contributed by atoms with Gasteiger partial charge in [0, 0.05) is 18.7 Å². The quantitative estimate of drug-likeness (QED) is 0.715. The fraction of sp³-hybridized carbons (Fsp3) is 0.462. The Hall–Kier alpha value is -0.620. The maximum atomic E-state index is 12.6. The summed E-state index contributed by atoms with van der Waals surface area (Å²) in [5.74, 6) is 0. The van der Waals surface area contributed by atoms with Crippen molar-refractivity contribution in [2.45, 2.75) is 31.6 Å². The number of rotatable bonds is 7. The normalized spacial score (nSPS) is 11.8. The lowest BCUT2D eigenvalue weighted by molar-refractivity contribution is 0.108. The number of hydrogen-bond acceptors (Lipinski definition) is 3. The van der Waals surface area contributed by atoms with Gasteiger partial charge in [-0.3, -0.25) is 4.79 Å². The van der Waals surface area contributed by atoms with Crippen molar-refractivity contribution in [2.24, 2.45) is 0 Å². The van der Waals surface area contributed by atoms with E-state index in [0.717, 1.165) is 0 Å². The Morgan fingerprint density at radius 1 is 1.20 bits per heavy atom. The van der Waals surface area contributed by atoms with Crippen LogP contribution in [0.4, 0.5) is 0 Å². The van der Waals surface area contributed by atoms with Gasteiger partial charge in [0.2, 0.25) is 10.0 Å². The standard InChI is InChI=1S/C13H17Cl2NO3S/c1-3-7-16(8-4-2)20(18,19)12-9-10(13(15)17)5-6-11(12)14/h5-6,9H,3-4,7-8H2,1-2H3. The fourth-order valence-corrected chi connectivity index (χ4v) is 4.06. The first kappa shape index (κ1) is 17.4. The van der Waals surface area contributed by atoms with Crippen LogP contribution in [0.15, 0.2) is 23.1 Å². The van der Waals surface area contributed by atoms with E-state index in [1.54, 1.807) is 0 Å². The second-order valence-corrected chi connectivity index (χ2v) is 6.98. The Kier molecular flexibility index (Phi) is 6.45. The van der Waals surface area contributed by atoms with Crippen LogP contribution in [0.1, 0.15) is 37.0 Å². The highest BCUT2D eigenvalue weighted by atomic mass is 35.5. The van der Waals surface area contributed by atoms with Crippen LogP contribution in [0.3, 0.4) is 0 Å². The summed E-state index contributed by atoms with van der Waals surface area (Å²) in [6.45, 7) is 4.62. The first-order chi connectivity index (χ1) is 9.34. The summed E-state index contributed by atoms with van der Waals surface area (Å²) in [4.78, 5) is 11.1. The van der Waals surface area contributed by atoms with E-state index in [4.69, 9.17) is 23.2 Å². The summed E-state index contributed by atoms with van der Waals surface area (Å²) in [5, 5.41) is -0.625. The molecular weight excluding hydrogens is 321 g/mol. The number of sulfonamides is 1. The molecule has 7 heteroatoms. The van der Waals surface area contributed by atoms with E-state index in [2.05, 4.69) is 0 Å². The summed E-state index contributed by atoms with van der Waals surface area (Å²) >= 11 is 11.4. The highest BCUT2D eigenvalue weighted by Gasteiger charge is 2.26. The van der Waals surface area contributed by atoms with E-state index in [-0.39, 0.29) is 15.5 Å². The molecule has 0 atom stereocenters. The number of carbonyl (C=O) groups is 1. The van der Waals surface area contributed by atoms with Gasteiger partial charge in [-0.25, -0.2) is 8.42 Å². The van der Waals surface area contributed by atoms with E-state index >= 15 is 0 Å². The zero-order chi connectivity index (χ0) is 15.3. The summed E-state index contributed by atoms with van der Waals surface area (Å²) in [7, 11) is -3.72. The van der Waals surface area contributed by atoms with Crippen LogP contribution in [0.5, 0.6) is 0 Å². The molecule has 4 nitrogen and oxygen atoms in total. The number of benzene rings is 1. The van der Waals surface area contributed by atoms with E-state index in [1.165, 1.54) is 22.5 Å². The van der Waals surface area contributed by atoms with Crippen molar-refractivity contribution in [3.8, 4) is 0 Å². The van der Waals surface area contributed by atoms with Gasteiger partial charge < -0.3 is 0 Å². The van der Waals surface area contributed by atoms with Crippen molar-refractivity contribution in [1.82, 2.24) is 4.31 Å². The first-order valence-electron chi connectivity index (χ1n) is 6.34. The van der Waals surface area contributed by atoms with Crippen LogP contribution < -0.4 is 0 Å². The van der Waals surface area contributed by atoms with E-state index in [1.807, 2.05) is 13.8 Å². The smallest absolute Gasteiger partial charge is 0.252 e. The van der Waals surface area contributed by atoms with Crippen LogP contribution in [0.25, 0.3) is 0 Å². The lowest BCUT2D eigenvalue weighted by Crippen LogP contribution is -2.32. The molecule has 112 valence electrons. The van der Waals surface area contributed by atoms with Gasteiger partial charge in [0.15, 0.2) is 0 Å². The third-order valence-corrected chi connectivity index (χ3v) is 5.32. The molecule has 0 N–H and O–H groups in total. The Bertz CT molecular complexity index is 581. The molecule has 0 amide bonds. The monoisotopic (exact) mass is 337 g/mol. The van der Waals surface area contributed by atoms with Gasteiger partial charge >= 0.3 is 0 Å². The van der Waals surface area contributed by atoms with Crippen molar-refractivity contribution in [3.63, 3.8) is 0 Å². The SMILES string of the molecule is CCCN(CCC)S(=O)(=O)c1cc(C(=O)Cl)ccc1Cl. The van der Waals surface area contributed by atoms with Crippen molar-refractivity contribution in [3.05, 3.63) is 28.8 Å². The summed E-state index contributed by atoms with van der Waals surface area (Å²) in [5.41, 5.74) is 0.114. The third kappa shape index (κ3) is 3.95. The average Bonchev–Trinajstić information content (AvgIpc) is 2.38. The van der Waals surface area contributed by atoms with E-state index in [9.17, 15) is 13.2 Å². The summed E-state index contributed by atoms with van der Waals surface area (Å²) in [6, 6.07) is 4.01. The molecule has 0 unspecified atom stereocenters. The van der Waals surface area contributed by atoms with Crippen molar-refractivity contribution < 1.29 is 13.2 Å². The van der Waals surface area contributed by atoms with Gasteiger partial charge in [0.25, 0.3) is 5.24 Å². The highest BCUT2D eigenvalue weighted by molar-refractivity contribution is 7.89. The molecule has 0 aromatic heterocycles. The molecule has 20 heavy (non-hydrogen) atoms. The predicted octanol–water partition coefficient (Wildman–Crippen LogP) is 3.53. The predicted molar refractivity (Wildman–Crippen MR) is 81.0 cm³/mol. The molecule has 0 bridgehead atoms. The minimum Gasteiger partial charge on any atom is -0.276 e. The molecule has 0 saturated carbocycles. The fourth-order valence-electron chi connectivity index (χ4n) is 1.81. The average molecular weight is 338 g/mol. The Labute approximate surface area is 129 Å². The lowest BCUT2D eigenvalue weighted by Gasteiger charge is -2.21. The molecule has 0 spiro atoms. The van der Waals surface area contributed by atoms with Gasteiger partial charge in [-0.1, -0.05) is 25.4 Å². The molecule has 0 aliphatic carbocycles. The Morgan fingerprint density at radius 2 is 1.75 bits per heavy atom. The van der Waals surface area contributed by atoms with Crippen LogP contribution in [-0.4, -0.2) is 31.1 Å². The third-order valence-electron chi connectivity index (χ3n) is 2.72. The van der Waals surface area contributed by atoms with Gasteiger partial charge in [-0.05, 0) is 42.6 Å². The van der Waals surface area contributed by atoms with Crippen LogP contribution in [0.2, 0.25) is 5.02 Å². The molecule has 0 heterocycles. The topological polar surface area (TPSA) is 54.5 Å². The van der Waals surface area contributed by atoms with E-state index < -0.39 is 15.3 Å². The van der Waals surface area contributed by atoms with Crippen molar-refractivity contribution in [2.75, 3.05) is 13.1 Å². The number of halogens is 2. The van der Waals surface area contributed by atoms with Crippen molar-refractivity contribution in [1.29, 1.82) is 0 Å². The zero-order valence-corrected chi connectivity index (χ0v) is 13.7. The van der Waals surface area contributed by atoms with Crippen LogP contribution >= 0.6 is 23.2 Å². The van der Waals surface area contributed by atoms with Gasteiger partial charge in [0.05, 0.1) is 5.02 Å². The van der Waals surface area contributed by atoms with Crippen LogP contribution in [0, 0.1) is 0 Å². The minimum atomic E-state index is -3.72. The Morgan fingerprint density at radius 3 is 2.20 bits per heavy atom. The zero-order valence-electron chi connectivity index (χ0n) is 11.4. The molecule has 1 rings (SSSR count). The highest BCUT2D eigenvalue weighted by Crippen LogP contribution is 2.26. The Balaban J connectivity index is 3.32. The second kappa shape index (κ2) is 7.41. The number of nitrogens with zero attached hydrogens (tertiary/aromatic N) is 1. The maximum absolute atomic E-state index is 12.6. The maximum Gasteiger partial charge on any atom is 0.252 e. The second-order valence-electron chi connectivity index (χ2n) is 4.32.